The van der Waals surface area contributed by atoms with E-state index in [2.05, 4.69) is 5.32 Å². The Bertz CT molecular complexity index is 1410. The SMILES string of the molecule is CCOc1cc(/C=C2\SC(=S)N(c3ccc(C)cc3C)C2=O)ccc1OCC(=O)Nc1cccc(Cl)c1. The van der Waals surface area contributed by atoms with Gasteiger partial charge >= 0.3 is 0 Å². The van der Waals surface area contributed by atoms with Crippen LogP contribution in [0.15, 0.2) is 65.6 Å². The van der Waals surface area contributed by atoms with Crippen LogP contribution in [0.2, 0.25) is 5.02 Å². The lowest BCUT2D eigenvalue weighted by Crippen LogP contribution is -2.28. The van der Waals surface area contributed by atoms with E-state index in [4.69, 9.17) is 33.3 Å². The molecule has 1 N–H and O–H groups in total. The van der Waals surface area contributed by atoms with Crippen LogP contribution in [0.5, 0.6) is 11.5 Å². The van der Waals surface area contributed by atoms with Crippen LogP contribution in [0, 0.1) is 13.8 Å². The standard InChI is InChI=1S/C28H25ClN2O4S2/c1-4-34-24-13-19(9-11-23(24)35-16-26(32)30-21-7-5-6-20(29)15-21)14-25-27(33)31(28(36)37-25)22-10-8-17(2)12-18(22)3/h5-15H,4,16H2,1-3H3,(H,30,32)/b25-14-. The molecule has 0 radical (unpaired) electrons. The summed E-state index contributed by atoms with van der Waals surface area (Å²) in [5.74, 6) is 0.390. The van der Waals surface area contributed by atoms with Crippen molar-refractivity contribution in [3.8, 4) is 11.5 Å². The Morgan fingerprint density at radius 1 is 1.08 bits per heavy atom. The number of anilines is 2. The predicted octanol–water partition coefficient (Wildman–Crippen LogP) is 6.78. The van der Waals surface area contributed by atoms with Gasteiger partial charge in [0.2, 0.25) is 0 Å². The summed E-state index contributed by atoms with van der Waals surface area (Å²) >= 11 is 12.7. The highest BCUT2D eigenvalue weighted by atomic mass is 35.5. The van der Waals surface area contributed by atoms with Gasteiger partial charge in [0.25, 0.3) is 11.8 Å². The lowest BCUT2D eigenvalue weighted by Gasteiger charge is -2.17. The van der Waals surface area contributed by atoms with Gasteiger partial charge in [0.15, 0.2) is 22.4 Å². The number of hydrogen-bond donors (Lipinski definition) is 1. The second-order valence-corrected chi connectivity index (χ2v) is 10.4. The van der Waals surface area contributed by atoms with E-state index in [1.54, 1.807) is 53.4 Å². The topological polar surface area (TPSA) is 67.9 Å². The van der Waals surface area contributed by atoms with Gasteiger partial charge in [-0.2, -0.15) is 0 Å². The summed E-state index contributed by atoms with van der Waals surface area (Å²) in [4.78, 5) is 27.6. The summed E-state index contributed by atoms with van der Waals surface area (Å²) in [6.45, 7) is 6.03. The molecule has 1 saturated heterocycles. The molecule has 0 spiro atoms. The third kappa shape index (κ3) is 6.52. The predicted molar refractivity (Wildman–Crippen MR) is 155 cm³/mol. The number of thioether (sulfide) groups is 1. The Hall–Kier alpha value is -3.33. The minimum absolute atomic E-state index is 0.169. The van der Waals surface area contributed by atoms with Gasteiger partial charge in [-0.15, -0.1) is 0 Å². The van der Waals surface area contributed by atoms with Crippen molar-refractivity contribution < 1.29 is 19.1 Å². The van der Waals surface area contributed by atoms with Gasteiger partial charge in [-0.1, -0.05) is 65.4 Å². The maximum atomic E-state index is 13.2. The fourth-order valence-corrected chi connectivity index (χ4v) is 5.27. The molecule has 9 heteroatoms. The summed E-state index contributed by atoms with van der Waals surface area (Å²) in [5.41, 5.74) is 4.22. The lowest BCUT2D eigenvalue weighted by atomic mass is 10.1. The number of nitrogens with zero attached hydrogens (tertiary/aromatic N) is 1. The molecule has 1 aliphatic rings. The molecule has 0 saturated carbocycles. The van der Waals surface area contributed by atoms with E-state index in [0.29, 0.717) is 38.0 Å². The summed E-state index contributed by atoms with van der Waals surface area (Å²) in [5, 5.41) is 3.27. The van der Waals surface area contributed by atoms with E-state index < -0.39 is 0 Å². The first-order valence-electron chi connectivity index (χ1n) is 11.6. The van der Waals surface area contributed by atoms with Gasteiger partial charge in [0.05, 0.1) is 17.2 Å². The Morgan fingerprint density at radius 3 is 2.62 bits per heavy atom. The van der Waals surface area contributed by atoms with Crippen LogP contribution >= 0.6 is 35.6 Å². The third-order valence-corrected chi connectivity index (χ3v) is 6.96. The number of ether oxygens (including phenoxy) is 2. The third-order valence-electron chi connectivity index (χ3n) is 5.42. The monoisotopic (exact) mass is 552 g/mol. The van der Waals surface area contributed by atoms with Crippen LogP contribution in [-0.2, 0) is 9.59 Å². The van der Waals surface area contributed by atoms with E-state index in [9.17, 15) is 9.59 Å². The van der Waals surface area contributed by atoms with Crippen molar-refractivity contribution in [2.24, 2.45) is 0 Å². The summed E-state index contributed by atoms with van der Waals surface area (Å²) in [7, 11) is 0. The molecular weight excluding hydrogens is 528 g/mol. The Labute approximate surface area is 230 Å². The van der Waals surface area contributed by atoms with Gasteiger partial charge in [-0.25, -0.2) is 0 Å². The number of aryl methyl sites for hydroxylation is 2. The van der Waals surface area contributed by atoms with Crippen LogP contribution in [0.4, 0.5) is 11.4 Å². The van der Waals surface area contributed by atoms with Crippen molar-refractivity contribution in [3.05, 3.63) is 87.3 Å². The number of amides is 2. The maximum Gasteiger partial charge on any atom is 0.270 e. The average Bonchev–Trinajstić information content (AvgIpc) is 3.11. The van der Waals surface area contributed by atoms with Gasteiger partial charge in [-0.3, -0.25) is 14.5 Å². The van der Waals surface area contributed by atoms with Crippen molar-refractivity contribution in [2.45, 2.75) is 20.8 Å². The molecule has 2 amide bonds. The molecule has 190 valence electrons. The second-order valence-electron chi connectivity index (χ2n) is 8.29. The molecule has 0 aliphatic carbocycles. The van der Waals surface area contributed by atoms with Crippen molar-refractivity contribution in [2.75, 3.05) is 23.4 Å². The molecule has 3 aromatic carbocycles. The smallest absolute Gasteiger partial charge is 0.270 e. The molecule has 0 bridgehead atoms. The molecule has 0 aromatic heterocycles. The first kappa shape index (κ1) is 26.7. The maximum absolute atomic E-state index is 13.2. The van der Waals surface area contributed by atoms with Crippen molar-refractivity contribution in [1.82, 2.24) is 0 Å². The number of rotatable bonds is 8. The van der Waals surface area contributed by atoms with Crippen molar-refractivity contribution in [3.63, 3.8) is 0 Å². The highest BCUT2D eigenvalue weighted by Gasteiger charge is 2.34. The zero-order chi connectivity index (χ0) is 26.5. The first-order valence-corrected chi connectivity index (χ1v) is 13.2. The normalized spacial score (nSPS) is 14.3. The van der Waals surface area contributed by atoms with Crippen LogP contribution in [-0.4, -0.2) is 29.3 Å². The fraction of sp³-hybridized carbons (Fsp3) is 0.179. The molecule has 1 fully saturated rings. The zero-order valence-corrected chi connectivity index (χ0v) is 22.9. The molecule has 3 aromatic rings. The largest absolute Gasteiger partial charge is 0.490 e. The number of benzene rings is 3. The molecular formula is C28H25ClN2O4S2. The summed E-state index contributed by atoms with van der Waals surface area (Å²) < 4.78 is 12.0. The minimum Gasteiger partial charge on any atom is -0.490 e. The van der Waals surface area contributed by atoms with Crippen LogP contribution < -0.4 is 19.7 Å². The zero-order valence-electron chi connectivity index (χ0n) is 20.5. The van der Waals surface area contributed by atoms with E-state index >= 15 is 0 Å². The molecule has 6 nitrogen and oxygen atoms in total. The van der Waals surface area contributed by atoms with Gasteiger partial charge < -0.3 is 14.8 Å². The number of hydrogen-bond acceptors (Lipinski definition) is 6. The second kappa shape index (κ2) is 11.8. The molecule has 1 aliphatic heterocycles. The van der Waals surface area contributed by atoms with Gasteiger partial charge in [0, 0.05) is 10.7 Å². The summed E-state index contributed by atoms with van der Waals surface area (Å²) in [6, 6.07) is 18.1. The Balaban J connectivity index is 1.49. The highest BCUT2D eigenvalue weighted by molar-refractivity contribution is 8.27. The number of carbonyl (C=O) groups excluding carboxylic acids is 2. The molecule has 0 atom stereocenters. The van der Waals surface area contributed by atoms with E-state index in [0.717, 1.165) is 22.4 Å². The van der Waals surface area contributed by atoms with Gasteiger partial charge in [0.1, 0.15) is 0 Å². The molecule has 37 heavy (non-hydrogen) atoms. The number of nitrogens with one attached hydrogen (secondary N) is 1. The number of thiocarbonyl (C=S) groups is 1. The highest BCUT2D eigenvalue weighted by Crippen LogP contribution is 2.38. The quantitative estimate of drug-likeness (QED) is 0.245. The van der Waals surface area contributed by atoms with Crippen LogP contribution in [0.3, 0.4) is 0 Å². The van der Waals surface area contributed by atoms with E-state index in [-0.39, 0.29) is 18.4 Å². The average molecular weight is 553 g/mol. The fourth-order valence-electron chi connectivity index (χ4n) is 3.79. The Morgan fingerprint density at radius 2 is 1.89 bits per heavy atom. The molecule has 1 heterocycles. The Kier molecular flexibility index (Phi) is 8.53. The van der Waals surface area contributed by atoms with Gasteiger partial charge in [-0.05, 0) is 74.4 Å². The van der Waals surface area contributed by atoms with Crippen LogP contribution in [0.1, 0.15) is 23.6 Å². The number of halogens is 1. The first-order chi connectivity index (χ1) is 17.7. The van der Waals surface area contributed by atoms with E-state index in [1.165, 1.54) is 11.8 Å². The van der Waals surface area contributed by atoms with Crippen LogP contribution in [0.25, 0.3) is 6.08 Å². The minimum atomic E-state index is -0.330. The summed E-state index contributed by atoms with van der Waals surface area (Å²) in [6.07, 6.45) is 1.78. The molecule has 4 rings (SSSR count). The molecule has 0 unspecified atom stereocenters. The van der Waals surface area contributed by atoms with Crippen molar-refractivity contribution >= 4 is 69.2 Å². The number of carbonyl (C=O) groups is 2. The lowest BCUT2D eigenvalue weighted by molar-refractivity contribution is -0.118. The van der Waals surface area contributed by atoms with Crippen molar-refractivity contribution in [1.29, 1.82) is 0 Å². The van der Waals surface area contributed by atoms with E-state index in [1.807, 2.05) is 39.0 Å².